The van der Waals surface area contributed by atoms with E-state index in [4.69, 9.17) is 4.74 Å². The summed E-state index contributed by atoms with van der Waals surface area (Å²) >= 11 is 0.679. The van der Waals surface area contributed by atoms with Gasteiger partial charge in [0, 0.05) is 44.0 Å². The number of rotatable bonds is 7. The van der Waals surface area contributed by atoms with Gasteiger partial charge in [-0.15, -0.1) is 0 Å². The van der Waals surface area contributed by atoms with Crippen LogP contribution >= 0.6 is 11.3 Å². The molecule has 3 N–H and O–H groups in total. The average Bonchev–Trinajstić information content (AvgIpc) is 3.44. The Labute approximate surface area is 199 Å². The smallest absolute Gasteiger partial charge is 0.321 e. The van der Waals surface area contributed by atoms with Crippen molar-refractivity contribution in [3.8, 4) is 17.9 Å². The summed E-state index contributed by atoms with van der Waals surface area (Å²) in [6, 6.07) is 3.93. The van der Waals surface area contributed by atoms with Gasteiger partial charge < -0.3 is 25.2 Å². The van der Waals surface area contributed by atoms with Gasteiger partial charge in [-0.1, -0.05) is 23.2 Å². The van der Waals surface area contributed by atoms with Gasteiger partial charge in [0.2, 0.25) is 0 Å². The molecule has 0 radical (unpaired) electrons. The second kappa shape index (κ2) is 10.9. The van der Waals surface area contributed by atoms with Crippen LogP contribution in [0.2, 0.25) is 0 Å². The minimum atomic E-state index is -0.653. The molecule has 0 aliphatic carbocycles. The highest BCUT2D eigenvalue weighted by atomic mass is 32.1. The molecule has 1 aliphatic heterocycles. The van der Waals surface area contributed by atoms with E-state index >= 15 is 0 Å². The molecule has 0 aromatic carbocycles. The maximum atomic E-state index is 12.9. The van der Waals surface area contributed by atoms with E-state index in [0.717, 1.165) is 37.7 Å². The van der Waals surface area contributed by atoms with Crippen LogP contribution in [-0.4, -0.2) is 82.3 Å². The first-order valence-corrected chi connectivity index (χ1v) is 11.4. The van der Waals surface area contributed by atoms with Crippen molar-refractivity contribution in [2.24, 2.45) is 0 Å². The van der Waals surface area contributed by atoms with E-state index in [1.54, 1.807) is 0 Å². The Kier molecular flexibility index (Phi) is 7.51. The Balaban J connectivity index is 1.38. The fourth-order valence-electron chi connectivity index (χ4n) is 3.14. The Hall–Kier alpha value is -3.76. The molecular weight excluding hydrogens is 461 g/mol. The molecule has 1 amide bonds. The summed E-state index contributed by atoms with van der Waals surface area (Å²) in [4.78, 5) is 28.9. The number of aromatic amines is 1. The molecule has 0 atom stereocenters. The Morgan fingerprint density at radius 2 is 2.06 bits per heavy atom. The number of likely N-dealkylation sites (N-methyl/N-ethyl adjacent to an activating group) is 1. The van der Waals surface area contributed by atoms with E-state index < -0.39 is 11.2 Å². The predicted octanol–water partition coefficient (Wildman–Crippen LogP) is 1.41. The van der Waals surface area contributed by atoms with Crippen LogP contribution in [0.25, 0.3) is 0 Å². The quantitative estimate of drug-likeness (QED) is 0.426. The number of hydrogen-bond donors (Lipinski definition) is 3. The van der Waals surface area contributed by atoms with Crippen LogP contribution in [-0.2, 0) is 0 Å². The number of hydrogen-bond acceptors (Lipinski definition) is 10. The molecule has 0 saturated carbocycles. The summed E-state index contributed by atoms with van der Waals surface area (Å²) in [5.74, 6) is 7.12. The van der Waals surface area contributed by atoms with Crippen molar-refractivity contribution in [2.75, 3.05) is 56.6 Å². The van der Waals surface area contributed by atoms with Crippen LogP contribution < -0.4 is 20.3 Å². The number of carbonyl (C=O) groups is 1. The number of amides is 1. The summed E-state index contributed by atoms with van der Waals surface area (Å²) in [7, 11) is 2.09. The second-order valence-electron chi connectivity index (χ2n) is 7.55. The first-order valence-electron chi connectivity index (χ1n) is 10.6. The summed E-state index contributed by atoms with van der Waals surface area (Å²) in [6.07, 6.45) is 1.19. The van der Waals surface area contributed by atoms with E-state index in [1.165, 1.54) is 6.20 Å². The number of aromatic nitrogens is 5. The highest BCUT2D eigenvalue weighted by Crippen LogP contribution is 2.23. The van der Waals surface area contributed by atoms with Gasteiger partial charge in [0.05, 0.1) is 12.7 Å². The van der Waals surface area contributed by atoms with Crippen LogP contribution in [0.1, 0.15) is 15.4 Å². The minimum absolute atomic E-state index is 0.0399. The summed E-state index contributed by atoms with van der Waals surface area (Å²) in [5, 5.41) is 12.2. The van der Waals surface area contributed by atoms with Gasteiger partial charge in [-0.05, 0) is 14.0 Å². The van der Waals surface area contributed by atoms with Crippen molar-refractivity contribution in [3.63, 3.8) is 0 Å². The topological polar surface area (TPSA) is 124 Å². The molecule has 178 valence electrons. The van der Waals surface area contributed by atoms with Crippen molar-refractivity contribution in [1.29, 1.82) is 0 Å². The zero-order valence-electron chi connectivity index (χ0n) is 18.8. The van der Waals surface area contributed by atoms with Crippen LogP contribution in [0.3, 0.4) is 0 Å². The molecule has 0 bridgehead atoms. The molecule has 4 rings (SSSR count). The number of nitrogens with zero attached hydrogens (tertiary/aromatic N) is 6. The third kappa shape index (κ3) is 6.40. The first kappa shape index (κ1) is 23.4. The van der Waals surface area contributed by atoms with E-state index in [0.29, 0.717) is 23.0 Å². The number of halogens is 1. The van der Waals surface area contributed by atoms with Gasteiger partial charge in [-0.25, -0.2) is 4.98 Å². The van der Waals surface area contributed by atoms with Crippen LogP contribution in [0.15, 0.2) is 18.3 Å². The molecular formula is C21H24FN9O2S. The van der Waals surface area contributed by atoms with E-state index in [2.05, 4.69) is 64.5 Å². The van der Waals surface area contributed by atoms with E-state index in [1.807, 2.05) is 19.1 Å². The average molecular weight is 486 g/mol. The molecule has 34 heavy (non-hydrogen) atoms. The lowest BCUT2D eigenvalue weighted by molar-refractivity contribution is 0.0962. The van der Waals surface area contributed by atoms with Crippen molar-refractivity contribution in [1.82, 2.24) is 35.4 Å². The number of carbonyl (C=O) groups excluding carboxylic acids is 1. The van der Waals surface area contributed by atoms with Gasteiger partial charge >= 0.3 is 6.01 Å². The highest BCUT2D eigenvalue weighted by Gasteiger charge is 2.18. The number of aryl methyl sites for hydroxylation is 1. The maximum absolute atomic E-state index is 12.9. The number of nitrogens with one attached hydrogen (secondary N) is 3. The monoisotopic (exact) mass is 485 g/mol. The van der Waals surface area contributed by atoms with Crippen molar-refractivity contribution >= 4 is 34.7 Å². The van der Waals surface area contributed by atoms with Crippen LogP contribution in [0.4, 0.5) is 21.8 Å². The molecule has 13 heteroatoms. The van der Waals surface area contributed by atoms with E-state index in [9.17, 15) is 9.18 Å². The molecule has 1 fully saturated rings. The zero-order valence-corrected chi connectivity index (χ0v) is 19.6. The van der Waals surface area contributed by atoms with Crippen LogP contribution in [0.5, 0.6) is 6.01 Å². The zero-order chi connectivity index (χ0) is 23.9. The van der Waals surface area contributed by atoms with Gasteiger partial charge in [0.15, 0.2) is 12.4 Å². The number of thiazole rings is 1. The van der Waals surface area contributed by atoms with Crippen molar-refractivity contribution < 1.29 is 13.9 Å². The summed E-state index contributed by atoms with van der Waals surface area (Å²) < 4.78 is 18.6. The molecule has 0 unspecified atom stereocenters. The third-order valence-corrected chi connectivity index (χ3v) is 5.70. The first-order chi connectivity index (χ1) is 16.5. The molecule has 3 aromatic rings. The lowest BCUT2D eigenvalue weighted by atomic mass is 10.3. The third-order valence-electron chi connectivity index (χ3n) is 4.92. The van der Waals surface area contributed by atoms with Crippen molar-refractivity contribution in [3.05, 3.63) is 34.2 Å². The number of piperazine rings is 1. The molecule has 3 aromatic heterocycles. The number of H-pyrrole nitrogens is 1. The Morgan fingerprint density at radius 3 is 2.76 bits per heavy atom. The normalized spacial score (nSPS) is 13.8. The largest absolute Gasteiger partial charge is 0.450 e. The Morgan fingerprint density at radius 1 is 1.24 bits per heavy atom. The molecule has 11 nitrogen and oxygen atoms in total. The Bertz CT molecular complexity index is 1190. The van der Waals surface area contributed by atoms with E-state index in [-0.39, 0.29) is 24.0 Å². The highest BCUT2D eigenvalue weighted by molar-refractivity contribution is 7.12. The lowest BCUT2D eigenvalue weighted by Crippen LogP contribution is -2.44. The molecule has 1 aliphatic rings. The fraction of sp³-hybridized carbons (Fsp3) is 0.381. The standard InChI is InChI=1S/C21H24FN9O2S/c1-14-11-17(29-28-14)25-16-12-18(31-8-6-30(2)7-9-31)27-21(26-16)33-10-4-3-5-23-19(32)15-13-24-20(22)34-15/h11-13H,5-10H2,1-2H3,(H,23,32)(H2,25,26,27,28,29). The van der Waals surface area contributed by atoms with Crippen molar-refractivity contribution in [2.45, 2.75) is 6.92 Å². The molecule has 1 saturated heterocycles. The summed E-state index contributed by atoms with van der Waals surface area (Å²) in [5.41, 5.74) is 0.926. The fourth-order valence-corrected chi connectivity index (χ4v) is 3.69. The van der Waals surface area contributed by atoms with Crippen LogP contribution in [0, 0.1) is 24.0 Å². The molecule has 0 spiro atoms. The van der Waals surface area contributed by atoms with Gasteiger partial charge in [0.25, 0.3) is 11.2 Å². The second-order valence-corrected chi connectivity index (χ2v) is 8.53. The summed E-state index contributed by atoms with van der Waals surface area (Å²) in [6.45, 7) is 5.61. The number of ether oxygens (including phenoxy) is 1. The number of anilines is 3. The van der Waals surface area contributed by atoms with Gasteiger partial charge in [0.1, 0.15) is 16.5 Å². The lowest BCUT2D eigenvalue weighted by Gasteiger charge is -2.33. The molecule has 4 heterocycles. The predicted molar refractivity (Wildman–Crippen MR) is 126 cm³/mol. The van der Waals surface area contributed by atoms with Gasteiger partial charge in [-0.2, -0.15) is 19.5 Å². The maximum Gasteiger partial charge on any atom is 0.321 e. The SMILES string of the molecule is Cc1cc(Nc2cc(N3CCN(C)CC3)nc(OCC#CCNC(=O)c3cnc(F)s3)n2)n[nH]1. The van der Waals surface area contributed by atoms with Gasteiger partial charge in [-0.3, -0.25) is 9.89 Å². The minimum Gasteiger partial charge on any atom is -0.450 e.